The maximum atomic E-state index is 11.8. The first kappa shape index (κ1) is 17.1. The highest BCUT2D eigenvalue weighted by Crippen LogP contribution is 2.47. The number of nitrogens with two attached hydrogens (primary N) is 1. The molecular weight excluding hydrogens is 274 g/mol. The predicted molar refractivity (Wildman–Crippen MR) is 90.0 cm³/mol. The minimum absolute atomic E-state index is 0.0244. The molecule has 124 valence electrons. The summed E-state index contributed by atoms with van der Waals surface area (Å²) >= 11 is 0. The van der Waals surface area contributed by atoms with Gasteiger partial charge in [-0.15, -0.1) is 0 Å². The van der Waals surface area contributed by atoms with Crippen LogP contribution in [0, 0.1) is 23.7 Å². The minimum atomic E-state index is -0.377. The molecule has 0 amide bonds. The van der Waals surface area contributed by atoms with Gasteiger partial charge in [-0.25, -0.2) is 4.79 Å². The fourth-order valence-electron chi connectivity index (χ4n) is 3.65. The molecule has 0 aromatic rings. The third-order valence-corrected chi connectivity index (χ3v) is 4.97. The van der Waals surface area contributed by atoms with Crippen LogP contribution in [0.4, 0.5) is 0 Å². The van der Waals surface area contributed by atoms with Crippen molar-refractivity contribution in [1.82, 2.24) is 0 Å². The predicted octanol–water partition coefficient (Wildman–Crippen LogP) is 4.19. The van der Waals surface area contributed by atoms with Crippen molar-refractivity contribution in [3.63, 3.8) is 0 Å². The molecule has 0 bridgehead atoms. The fraction of sp³-hybridized carbons (Fsp3) is 0.737. The summed E-state index contributed by atoms with van der Waals surface area (Å²) in [6, 6.07) is 0. The van der Waals surface area contributed by atoms with Crippen LogP contribution in [0.2, 0.25) is 0 Å². The van der Waals surface area contributed by atoms with Crippen LogP contribution in [0.25, 0.3) is 0 Å². The number of hydrogen-bond donors (Lipinski definition) is 1. The van der Waals surface area contributed by atoms with Gasteiger partial charge in [-0.05, 0) is 56.3 Å². The first-order valence-electron chi connectivity index (χ1n) is 8.75. The van der Waals surface area contributed by atoms with E-state index in [1.807, 2.05) is 0 Å². The number of carbonyl (C=O) groups is 1. The van der Waals surface area contributed by atoms with Gasteiger partial charge in [0.15, 0.2) is 0 Å². The van der Waals surface area contributed by atoms with Gasteiger partial charge in [0.2, 0.25) is 0 Å². The lowest BCUT2D eigenvalue weighted by Gasteiger charge is -2.33. The number of esters is 1. The van der Waals surface area contributed by atoms with Crippen LogP contribution in [0.1, 0.15) is 59.8 Å². The summed E-state index contributed by atoms with van der Waals surface area (Å²) in [5, 5.41) is 0. The highest BCUT2D eigenvalue weighted by Gasteiger charge is 2.37. The van der Waals surface area contributed by atoms with E-state index in [2.05, 4.69) is 26.8 Å². The summed E-state index contributed by atoms with van der Waals surface area (Å²) < 4.78 is 5.52. The number of hydrogen-bond acceptors (Lipinski definition) is 3. The third kappa shape index (κ3) is 4.37. The van der Waals surface area contributed by atoms with E-state index in [-0.39, 0.29) is 17.8 Å². The van der Waals surface area contributed by atoms with Crippen LogP contribution in [0.5, 0.6) is 0 Å². The largest absolute Gasteiger partial charge is 0.457 e. The number of ether oxygens (including phenoxy) is 1. The summed E-state index contributed by atoms with van der Waals surface area (Å²) in [4.78, 5) is 11.8. The number of allylic oxidation sites excluding steroid dienone is 2. The summed E-state index contributed by atoms with van der Waals surface area (Å²) in [6.07, 6.45) is 9.75. The van der Waals surface area contributed by atoms with Gasteiger partial charge in [-0.3, -0.25) is 0 Å². The van der Waals surface area contributed by atoms with Crippen LogP contribution in [-0.4, -0.2) is 12.1 Å². The normalized spacial score (nSPS) is 27.5. The summed E-state index contributed by atoms with van der Waals surface area (Å²) in [5.41, 5.74) is 7.44. The highest BCUT2D eigenvalue weighted by molar-refractivity contribution is 5.87. The quantitative estimate of drug-likeness (QED) is 0.455. The molecule has 2 rings (SSSR count). The monoisotopic (exact) mass is 305 g/mol. The zero-order valence-corrected chi connectivity index (χ0v) is 14.5. The molecular formula is C19H31NO2. The van der Waals surface area contributed by atoms with Gasteiger partial charge in [0.25, 0.3) is 0 Å². The molecule has 0 heterocycles. The standard InChI is InChI=1S/C19H31NO2/c1-5-18(20)19(21)22-15-8-9-16(13(4)11-15)17(10-12(2)3)14-6-7-14/h5,9,12-15,17H,6-8,10-11,20H2,1-4H3/b18-5+/t13-,15?,17+/m1/s1. The van der Waals surface area contributed by atoms with Gasteiger partial charge in [0.1, 0.15) is 11.8 Å². The van der Waals surface area contributed by atoms with E-state index in [9.17, 15) is 4.79 Å². The first-order chi connectivity index (χ1) is 10.4. The van der Waals surface area contributed by atoms with E-state index in [0.717, 1.165) is 30.6 Å². The maximum Gasteiger partial charge on any atom is 0.354 e. The molecule has 1 saturated carbocycles. The van der Waals surface area contributed by atoms with Crippen molar-refractivity contribution in [2.45, 2.75) is 65.9 Å². The van der Waals surface area contributed by atoms with Crippen LogP contribution in [0.15, 0.2) is 23.4 Å². The molecule has 2 aliphatic carbocycles. The van der Waals surface area contributed by atoms with Crippen LogP contribution >= 0.6 is 0 Å². The Morgan fingerprint density at radius 3 is 2.64 bits per heavy atom. The number of rotatable bonds is 6. The SMILES string of the molecule is C/C=C(/N)C(=O)OC1CC=C([C@@H](CC(C)C)C2CC2)[C@H](C)C1. The van der Waals surface area contributed by atoms with Crippen molar-refractivity contribution in [2.24, 2.45) is 29.4 Å². The zero-order chi connectivity index (χ0) is 16.3. The van der Waals surface area contributed by atoms with Crippen LogP contribution in [0.3, 0.4) is 0 Å². The molecule has 2 aliphatic rings. The number of carbonyl (C=O) groups excluding carboxylic acids is 1. The molecule has 3 heteroatoms. The average molecular weight is 305 g/mol. The molecule has 1 unspecified atom stereocenters. The second-order valence-corrected chi connectivity index (χ2v) is 7.42. The Morgan fingerprint density at radius 2 is 2.14 bits per heavy atom. The third-order valence-electron chi connectivity index (χ3n) is 4.97. The van der Waals surface area contributed by atoms with E-state index in [1.54, 1.807) is 18.6 Å². The molecule has 22 heavy (non-hydrogen) atoms. The summed E-state index contributed by atoms with van der Waals surface area (Å²) in [6.45, 7) is 8.66. The second kappa shape index (κ2) is 7.34. The van der Waals surface area contributed by atoms with E-state index in [4.69, 9.17) is 10.5 Å². The molecule has 0 radical (unpaired) electrons. The highest BCUT2D eigenvalue weighted by atomic mass is 16.5. The zero-order valence-electron chi connectivity index (χ0n) is 14.5. The lowest BCUT2D eigenvalue weighted by molar-refractivity contribution is -0.145. The van der Waals surface area contributed by atoms with Crippen molar-refractivity contribution < 1.29 is 9.53 Å². The Hall–Kier alpha value is -1.25. The Balaban J connectivity index is 1.99. The fourth-order valence-corrected chi connectivity index (χ4v) is 3.65. The molecule has 3 nitrogen and oxygen atoms in total. The van der Waals surface area contributed by atoms with E-state index in [1.165, 1.54) is 19.3 Å². The van der Waals surface area contributed by atoms with E-state index < -0.39 is 0 Å². The molecule has 1 fully saturated rings. The molecule has 0 aromatic heterocycles. The topological polar surface area (TPSA) is 52.3 Å². The lowest BCUT2D eigenvalue weighted by Crippen LogP contribution is -2.29. The van der Waals surface area contributed by atoms with E-state index >= 15 is 0 Å². The Kier molecular flexibility index (Phi) is 5.71. The maximum absolute atomic E-state index is 11.8. The van der Waals surface area contributed by atoms with Gasteiger partial charge in [0.05, 0.1) is 0 Å². The molecule has 2 N–H and O–H groups in total. The molecule has 0 saturated heterocycles. The van der Waals surface area contributed by atoms with Crippen LogP contribution in [-0.2, 0) is 9.53 Å². The Bertz CT molecular complexity index is 460. The second-order valence-electron chi connectivity index (χ2n) is 7.42. The first-order valence-corrected chi connectivity index (χ1v) is 8.75. The Morgan fingerprint density at radius 1 is 1.45 bits per heavy atom. The van der Waals surface area contributed by atoms with Crippen LogP contribution < -0.4 is 5.73 Å². The molecule has 0 spiro atoms. The molecule has 0 aromatic carbocycles. The summed E-state index contributed by atoms with van der Waals surface area (Å²) in [7, 11) is 0. The van der Waals surface area contributed by atoms with Gasteiger partial charge >= 0.3 is 5.97 Å². The van der Waals surface area contributed by atoms with Gasteiger partial charge in [0, 0.05) is 6.42 Å². The van der Waals surface area contributed by atoms with Crippen molar-refractivity contribution >= 4 is 5.97 Å². The average Bonchev–Trinajstić information content (AvgIpc) is 3.28. The van der Waals surface area contributed by atoms with Crippen molar-refractivity contribution in [1.29, 1.82) is 0 Å². The van der Waals surface area contributed by atoms with Crippen molar-refractivity contribution in [3.8, 4) is 0 Å². The summed E-state index contributed by atoms with van der Waals surface area (Å²) in [5.74, 6) is 2.50. The van der Waals surface area contributed by atoms with E-state index in [0.29, 0.717) is 5.92 Å². The van der Waals surface area contributed by atoms with Gasteiger partial charge in [-0.2, -0.15) is 0 Å². The lowest BCUT2D eigenvalue weighted by atomic mass is 9.75. The minimum Gasteiger partial charge on any atom is -0.457 e. The van der Waals surface area contributed by atoms with Crippen molar-refractivity contribution in [3.05, 3.63) is 23.4 Å². The smallest absolute Gasteiger partial charge is 0.354 e. The van der Waals surface area contributed by atoms with Gasteiger partial charge in [-0.1, -0.05) is 38.5 Å². The molecule has 0 aliphatic heterocycles. The Labute approximate surface area is 135 Å². The van der Waals surface area contributed by atoms with Gasteiger partial charge < -0.3 is 10.5 Å². The van der Waals surface area contributed by atoms with Crippen molar-refractivity contribution in [2.75, 3.05) is 0 Å². The molecule has 3 atom stereocenters.